The summed E-state index contributed by atoms with van der Waals surface area (Å²) in [5.74, 6) is -0.581. The van der Waals surface area contributed by atoms with Gasteiger partial charge >= 0.3 is 5.97 Å². The van der Waals surface area contributed by atoms with Crippen LogP contribution >= 0.6 is 0 Å². The van der Waals surface area contributed by atoms with Crippen molar-refractivity contribution < 1.29 is 14.7 Å². The molecular formula is C14H28N2O3. The van der Waals surface area contributed by atoms with E-state index >= 15 is 0 Å². The van der Waals surface area contributed by atoms with Gasteiger partial charge in [-0.1, -0.05) is 33.1 Å². The highest BCUT2D eigenvalue weighted by Crippen LogP contribution is 2.20. The molecule has 0 rings (SSSR count). The van der Waals surface area contributed by atoms with Gasteiger partial charge in [-0.15, -0.1) is 0 Å². The van der Waals surface area contributed by atoms with Gasteiger partial charge in [0.2, 0.25) is 5.91 Å². The fraction of sp³-hybridized carbons (Fsp3) is 0.857. The van der Waals surface area contributed by atoms with Crippen molar-refractivity contribution in [2.45, 2.75) is 58.9 Å². The molecule has 0 saturated heterocycles. The third-order valence-electron chi connectivity index (χ3n) is 3.23. The fourth-order valence-electron chi connectivity index (χ4n) is 2.13. The summed E-state index contributed by atoms with van der Waals surface area (Å²) in [5, 5.41) is 11.6. The number of carboxylic acids is 1. The third-order valence-corrected chi connectivity index (χ3v) is 3.23. The minimum absolute atomic E-state index is 0.0212. The van der Waals surface area contributed by atoms with Crippen molar-refractivity contribution in [3.05, 3.63) is 0 Å². The molecule has 3 unspecified atom stereocenters. The van der Waals surface area contributed by atoms with E-state index in [0.717, 1.165) is 25.7 Å². The minimum atomic E-state index is -0.817. The highest BCUT2D eigenvalue weighted by molar-refractivity contribution is 5.81. The number of aliphatic carboxylic acids is 1. The highest BCUT2D eigenvalue weighted by Gasteiger charge is 2.18. The standard InChI is InChI=1S/C14H28N2O3/c1-4-5-6-10(2)7-12(8-13(17)18)9-16-14(19)11(3)15/h10-12H,4-9,15H2,1-3H3,(H,16,19)(H,17,18). The van der Waals surface area contributed by atoms with Crippen LogP contribution in [-0.2, 0) is 9.59 Å². The van der Waals surface area contributed by atoms with Crippen LogP contribution in [0.3, 0.4) is 0 Å². The second kappa shape index (κ2) is 9.78. The van der Waals surface area contributed by atoms with Gasteiger partial charge in [0.25, 0.3) is 0 Å². The van der Waals surface area contributed by atoms with E-state index < -0.39 is 12.0 Å². The number of amides is 1. The first-order valence-electron chi connectivity index (χ1n) is 7.11. The van der Waals surface area contributed by atoms with E-state index in [2.05, 4.69) is 19.2 Å². The number of nitrogens with one attached hydrogen (secondary N) is 1. The monoisotopic (exact) mass is 272 g/mol. The number of carboxylic acid groups (broad SMARTS) is 1. The van der Waals surface area contributed by atoms with Crippen molar-refractivity contribution in [3.8, 4) is 0 Å². The molecule has 0 heterocycles. The zero-order valence-corrected chi connectivity index (χ0v) is 12.3. The van der Waals surface area contributed by atoms with E-state index in [4.69, 9.17) is 10.8 Å². The molecule has 0 aromatic heterocycles. The molecule has 5 nitrogen and oxygen atoms in total. The number of carbonyl (C=O) groups excluding carboxylic acids is 1. The molecule has 0 aromatic carbocycles. The van der Waals surface area contributed by atoms with E-state index in [0.29, 0.717) is 12.5 Å². The number of hydrogen-bond donors (Lipinski definition) is 3. The Balaban J connectivity index is 4.22. The van der Waals surface area contributed by atoms with Crippen molar-refractivity contribution in [1.82, 2.24) is 5.32 Å². The van der Waals surface area contributed by atoms with Crippen LogP contribution in [0.4, 0.5) is 0 Å². The summed E-state index contributed by atoms with van der Waals surface area (Å²) in [6.07, 6.45) is 4.33. The lowest BCUT2D eigenvalue weighted by Gasteiger charge is -2.20. The quantitative estimate of drug-likeness (QED) is 0.565. The summed E-state index contributed by atoms with van der Waals surface area (Å²) in [6.45, 7) is 6.29. The number of nitrogens with two attached hydrogens (primary N) is 1. The van der Waals surface area contributed by atoms with Crippen LogP contribution in [0.5, 0.6) is 0 Å². The lowest BCUT2D eigenvalue weighted by molar-refractivity contribution is -0.138. The van der Waals surface area contributed by atoms with Crippen molar-refractivity contribution >= 4 is 11.9 Å². The lowest BCUT2D eigenvalue weighted by Crippen LogP contribution is -2.41. The maximum Gasteiger partial charge on any atom is 0.303 e. The molecule has 0 aliphatic heterocycles. The van der Waals surface area contributed by atoms with Gasteiger partial charge in [-0.2, -0.15) is 0 Å². The topological polar surface area (TPSA) is 92.4 Å². The molecule has 4 N–H and O–H groups in total. The summed E-state index contributed by atoms with van der Waals surface area (Å²) in [4.78, 5) is 22.3. The van der Waals surface area contributed by atoms with E-state index in [1.807, 2.05) is 0 Å². The van der Waals surface area contributed by atoms with Gasteiger partial charge in [0, 0.05) is 13.0 Å². The SMILES string of the molecule is CCCCC(C)CC(CNC(=O)C(C)N)CC(=O)O. The largest absolute Gasteiger partial charge is 0.481 e. The summed E-state index contributed by atoms with van der Waals surface area (Å²) >= 11 is 0. The second-order valence-electron chi connectivity index (χ2n) is 5.48. The summed E-state index contributed by atoms with van der Waals surface area (Å²) in [6, 6.07) is -0.553. The first kappa shape index (κ1) is 17.9. The van der Waals surface area contributed by atoms with Gasteiger partial charge in [0.15, 0.2) is 0 Å². The molecule has 0 aliphatic carbocycles. The Labute approximate surface area is 115 Å². The van der Waals surface area contributed by atoms with E-state index in [-0.39, 0.29) is 18.2 Å². The second-order valence-corrected chi connectivity index (χ2v) is 5.48. The van der Waals surface area contributed by atoms with Crippen molar-refractivity contribution in [1.29, 1.82) is 0 Å². The van der Waals surface area contributed by atoms with Gasteiger partial charge < -0.3 is 16.2 Å². The van der Waals surface area contributed by atoms with Gasteiger partial charge in [-0.25, -0.2) is 0 Å². The average Bonchev–Trinajstić information content (AvgIpc) is 2.32. The van der Waals surface area contributed by atoms with Crippen LogP contribution in [0.2, 0.25) is 0 Å². The lowest BCUT2D eigenvalue weighted by atomic mass is 9.90. The van der Waals surface area contributed by atoms with Gasteiger partial charge in [-0.3, -0.25) is 9.59 Å². The molecule has 0 fully saturated rings. The van der Waals surface area contributed by atoms with Crippen LogP contribution in [0.15, 0.2) is 0 Å². The van der Waals surface area contributed by atoms with Crippen LogP contribution in [0.25, 0.3) is 0 Å². The number of carbonyl (C=O) groups is 2. The predicted molar refractivity (Wildman–Crippen MR) is 75.7 cm³/mol. The number of unbranched alkanes of at least 4 members (excludes halogenated alkanes) is 1. The maximum absolute atomic E-state index is 11.4. The molecule has 0 radical (unpaired) electrons. The Morgan fingerprint density at radius 3 is 2.42 bits per heavy atom. The van der Waals surface area contributed by atoms with E-state index in [1.165, 1.54) is 0 Å². The van der Waals surface area contributed by atoms with Crippen LogP contribution < -0.4 is 11.1 Å². The molecule has 0 saturated carbocycles. The fourth-order valence-corrected chi connectivity index (χ4v) is 2.13. The third kappa shape index (κ3) is 9.47. The Morgan fingerprint density at radius 2 is 1.95 bits per heavy atom. The van der Waals surface area contributed by atoms with Crippen molar-refractivity contribution in [2.24, 2.45) is 17.6 Å². The number of rotatable bonds is 10. The molecule has 3 atom stereocenters. The Bertz CT molecular complexity index is 280. The Morgan fingerprint density at radius 1 is 1.32 bits per heavy atom. The van der Waals surface area contributed by atoms with Crippen LogP contribution in [0.1, 0.15) is 52.9 Å². The van der Waals surface area contributed by atoms with Crippen molar-refractivity contribution in [2.75, 3.05) is 6.54 Å². The highest BCUT2D eigenvalue weighted by atomic mass is 16.4. The van der Waals surface area contributed by atoms with Gasteiger partial charge in [0.05, 0.1) is 6.04 Å². The molecule has 0 aliphatic rings. The minimum Gasteiger partial charge on any atom is -0.481 e. The normalized spacial score (nSPS) is 15.6. The van der Waals surface area contributed by atoms with E-state index in [1.54, 1.807) is 6.92 Å². The molecule has 5 heteroatoms. The average molecular weight is 272 g/mol. The molecule has 112 valence electrons. The smallest absolute Gasteiger partial charge is 0.303 e. The van der Waals surface area contributed by atoms with Gasteiger partial charge in [-0.05, 0) is 25.2 Å². The summed E-state index contributed by atoms with van der Waals surface area (Å²) in [7, 11) is 0. The zero-order chi connectivity index (χ0) is 14.8. The Kier molecular flexibility index (Phi) is 9.21. The van der Waals surface area contributed by atoms with Crippen LogP contribution in [-0.4, -0.2) is 29.6 Å². The predicted octanol–water partition coefficient (Wildman–Crippen LogP) is 1.76. The molecule has 19 heavy (non-hydrogen) atoms. The first-order valence-corrected chi connectivity index (χ1v) is 7.11. The molecular weight excluding hydrogens is 244 g/mol. The van der Waals surface area contributed by atoms with Crippen LogP contribution in [0, 0.1) is 11.8 Å². The van der Waals surface area contributed by atoms with E-state index in [9.17, 15) is 9.59 Å². The van der Waals surface area contributed by atoms with Crippen molar-refractivity contribution in [3.63, 3.8) is 0 Å². The van der Waals surface area contributed by atoms with Gasteiger partial charge in [0.1, 0.15) is 0 Å². The zero-order valence-electron chi connectivity index (χ0n) is 12.3. The number of hydrogen-bond acceptors (Lipinski definition) is 3. The Hall–Kier alpha value is -1.10. The molecule has 0 bridgehead atoms. The first-order chi connectivity index (χ1) is 8.86. The molecule has 0 aromatic rings. The molecule has 1 amide bonds. The summed E-state index contributed by atoms with van der Waals surface area (Å²) < 4.78 is 0. The molecule has 0 spiro atoms. The maximum atomic E-state index is 11.4. The summed E-state index contributed by atoms with van der Waals surface area (Å²) in [5.41, 5.74) is 5.46.